The van der Waals surface area contributed by atoms with Crippen molar-refractivity contribution in [3.8, 4) is 11.5 Å². The zero-order valence-electron chi connectivity index (χ0n) is 13.7. The number of nitrogens with zero attached hydrogens (tertiary/aromatic N) is 2. The van der Waals surface area contributed by atoms with Crippen LogP contribution in [0.4, 0.5) is 5.69 Å². The molecule has 0 aliphatic carbocycles. The molecule has 2 rings (SSSR count). The van der Waals surface area contributed by atoms with E-state index >= 15 is 0 Å². The highest BCUT2D eigenvalue weighted by Gasteiger charge is 2.19. The van der Waals surface area contributed by atoms with Gasteiger partial charge in [-0.25, -0.2) is 5.43 Å². The first-order valence-electron chi connectivity index (χ1n) is 7.46. The zero-order chi connectivity index (χ0) is 18.4. The minimum Gasteiger partial charge on any atom is -0.500 e. The monoisotopic (exact) mass is 343 g/mol. The molecule has 25 heavy (non-hydrogen) atoms. The number of amides is 1. The molecular formula is C17H17N3O5. The van der Waals surface area contributed by atoms with Crippen LogP contribution >= 0.6 is 0 Å². The molecule has 130 valence electrons. The molecule has 0 heterocycles. The largest absolute Gasteiger partial charge is 0.500 e. The van der Waals surface area contributed by atoms with Gasteiger partial charge in [-0.1, -0.05) is 17.7 Å². The van der Waals surface area contributed by atoms with E-state index in [9.17, 15) is 20.0 Å². The van der Waals surface area contributed by atoms with E-state index in [1.807, 2.05) is 13.0 Å². The summed E-state index contributed by atoms with van der Waals surface area (Å²) in [5.74, 6) is -0.978. The molecule has 0 spiro atoms. The average molecular weight is 343 g/mol. The van der Waals surface area contributed by atoms with Gasteiger partial charge in [0.05, 0.1) is 17.7 Å². The Morgan fingerprint density at radius 2 is 2.16 bits per heavy atom. The number of hydrogen-bond acceptors (Lipinski definition) is 6. The number of phenolic OH excluding ortho intramolecular Hbond substituents is 1. The van der Waals surface area contributed by atoms with Gasteiger partial charge in [0, 0.05) is 17.2 Å². The number of aromatic hydroxyl groups is 1. The van der Waals surface area contributed by atoms with Crippen molar-refractivity contribution in [2.24, 2.45) is 5.10 Å². The second-order valence-corrected chi connectivity index (χ2v) is 5.15. The van der Waals surface area contributed by atoms with Crippen molar-refractivity contribution in [1.29, 1.82) is 0 Å². The molecule has 0 fully saturated rings. The SMILES string of the molecule is CCOc1cc(/C=N/NC(=O)c2cccc(C)c2)cc([N+](=O)[O-])c1O. The van der Waals surface area contributed by atoms with E-state index in [0.29, 0.717) is 11.1 Å². The lowest BCUT2D eigenvalue weighted by atomic mass is 10.1. The van der Waals surface area contributed by atoms with Gasteiger partial charge in [-0.05, 0) is 32.0 Å². The van der Waals surface area contributed by atoms with Crippen LogP contribution in [0.2, 0.25) is 0 Å². The normalized spacial score (nSPS) is 10.6. The molecule has 0 bridgehead atoms. The van der Waals surface area contributed by atoms with E-state index in [2.05, 4.69) is 10.5 Å². The molecule has 0 saturated heterocycles. The number of phenols is 1. The number of nitrogens with one attached hydrogen (secondary N) is 1. The Labute approximate surface area is 143 Å². The zero-order valence-corrected chi connectivity index (χ0v) is 13.7. The van der Waals surface area contributed by atoms with E-state index in [-0.39, 0.29) is 12.4 Å². The summed E-state index contributed by atoms with van der Waals surface area (Å²) in [5.41, 5.74) is 3.53. The summed E-state index contributed by atoms with van der Waals surface area (Å²) in [7, 11) is 0. The molecule has 0 atom stereocenters. The Kier molecular flexibility index (Phi) is 5.67. The Morgan fingerprint density at radius 3 is 2.80 bits per heavy atom. The third-order valence-corrected chi connectivity index (χ3v) is 3.23. The Hall–Kier alpha value is -3.42. The van der Waals surface area contributed by atoms with Gasteiger partial charge in [0.1, 0.15) is 0 Å². The first kappa shape index (κ1) is 17.9. The standard InChI is InChI=1S/C17H17N3O5/c1-3-25-15-9-12(8-14(16(15)21)20(23)24)10-18-19-17(22)13-6-4-5-11(2)7-13/h4-10,21H,3H2,1-2H3,(H,19,22)/b18-10+. The fraction of sp³-hybridized carbons (Fsp3) is 0.176. The van der Waals surface area contributed by atoms with Crippen molar-refractivity contribution in [2.75, 3.05) is 6.61 Å². The summed E-state index contributed by atoms with van der Waals surface area (Å²) in [5, 5.41) is 24.6. The number of ether oxygens (including phenoxy) is 1. The maximum atomic E-state index is 12.0. The fourth-order valence-electron chi connectivity index (χ4n) is 2.11. The van der Waals surface area contributed by atoms with E-state index in [1.165, 1.54) is 12.3 Å². The summed E-state index contributed by atoms with van der Waals surface area (Å²) in [6, 6.07) is 9.52. The van der Waals surface area contributed by atoms with E-state index in [4.69, 9.17) is 4.74 Å². The van der Waals surface area contributed by atoms with Crippen LogP contribution in [0.1, 0.15) is 28.4 Å². The third-order valence-electron chi connectivity index (χ3n) is 3.23. The summed E-state index contributed by atoms with van der Waals surface area (Å²) >= 11 is 0. The minimum atomic E-state index is -0.722. The molecule has 0 aliphatic heterocycles. The molecule has 2 N–H and O–H groups in total. The van der Waals surface area contributed by atoms with Crippen molar-refractivity contribution in [2.45, 2.75) is 13.8 Å². The summed E-state index contributed by atoms with van der Waals surface area (Å²) in [6.45, 7) is 3.79. The van der Waals surface area contributed by atoms with Crippen LogP contribution in [0.15, 0.2) is 41.5 Å². The summed E-state index contributed by atoms with van der Waals surface area (Å²) in [4.78, 5) is 22.3. The van der Waals surface area contributed by atoms with Crippen LogP contribution in [0.25, 0.3) is 0 Å². The molecular weight excluding hydrogens is 326 g/mol. The molecule has 2 aromatic carbocycles. The average Bonchev–Trinajstić information content (AvgIpc) is 2.57. The number of aryl methyl sites for hydroxylation is 1. The lowest BCUT2D eigenvalue weighted by Gasteiger charge is -2.07. The van der Waals surface area contributed by atoms with Crippen LogP contribution in [0, 0.1) is 17.0 Å². The number of carbonyl (C=O) groups is 1. The van der Waals surface area contributed by atoms with Gasteiger partial charge in [-0.15, -0.1) is 0 Å². The second kappa shape index (κ2) is 7.91. The minimum absolute atomic E-state index is 0.0249. The highest BCUT2D eigenvalue weighted by Crippen LogP contribution is 2.36. The quantitative estimate of drug-likeness (QED) is 0.475. The number of benzene rings is 2. The topological polar surface area (TPSA) is 114 Å². The number of nitro benzene ring substituents is 1. The smallest absolute Gasteiger partial charge is 0.315 e. The molecule has 0 saturated carbocycles. The van der Waals surface area contributed by atoms with Gasteiger partial charge in [0.15, 0.2) is 5.75 Å². The highest BCUT2D eigenvalue weighted by atomic mass is 16.6. The van der Waals surface area contributed by atoms with Gasteiger partial charge in [-0.2, -0.15) is 5.10 Å². The van der Waals surface area contributed by atoms with Crippen molar-refractivity contribution in [1.82, 2.24) is 5.43 Å². The van der Waals surface area contributed by atoms with E-state index in [1.54, 1.807) is 25.1 Å². The highest BCUT2D eigenvalue weighted by molar-refractivity contribution is 5.95. The molecule has 0 radical (unpaired) electrons. The summed E-state index contributed by atoms with van der Waals surface area (Å²) in [6.07, 6.45) is 1.24. The molecule has 2 aromatic rings. The number of rotatable bonds is 6. The predicted molar refractivity (Wildman–Crippen MR) is 92.2 cm³/mol. The van der Waals surface area contributed by atoms with Crippen LogP contribution in [0.3, 0.4) is 0 Å². The second-order valence-electron chi connectivity index (χ2n) is 5.15. The van der Waals surface area contributed by atoms with Crippen LogP contribution in [0.5, 0.6) is 11.5 Å². The van der Waals surface area contributed by atoms with Crippen molar-refractivity contribution in [3.63, 3.8) is 0 Å². The van der Waals surface area contributed by atoms with Gasteiger partial charge in [0.2, 0.25) is 5.75 Å². The van der Waals surface area contributed by atoms with Crippen LogP contribution in [-0.4, -0.2) is 28.8 Å². The fourth-order valence-corrected chi connectivity index (χ4v) is 2.11. The van der Waals surface area contributed by atoms with Crippen molar-refractivity contribution >= 4 is 17.8 Å². The predicted octanol–water partition coefficient (Wildman–Crippen LogP) is 2.77. The Morgan fingerprint density at radius 1 is 1.40 bits per heavy atom. The molecule has 0 aliphatic rings. The molecule has 0 aromatic heterocycles. The van der Waals surface area contributed by atoms with Gasteiger partial charge >= 0.3 is 5.69 Å². The molecule has 8 nitrogen and oxygen atoms in total. The molecule has 8 heteroatoms. The first-order chi connectivity index (χ1) is 11.9. The Balaban J connectivity index is 2.20. The summed E-state index contributed by atoms with van der Waals surface area (Å²) < 4.78 is 5.17. The lowest BCUT2D eigenvalue weighted by molar-refractivity contribution is -0.386. The lowest BCUT2D eigenvalue weighted by Crippen LogP contribution is -2.17. The Bertz CT molecular complexity index is 833. The van der Waals surface area contributed by atoms with Gasteiger partial charge < -0.3 is 9.84 Å². The van der Waals surface area contributed by atoms with Crippen LogP contribution in [-0.2, 0) is 0 Å². The number of nitro groups is 1. The maximum absolute atomic E-state index is 12.0. The molecule has 0 unspecified atom stereocenters. The van der Waals surface area contributed by atoms with Crippen LogP contribution < -0.4 is 10.2 Å². The van der Waals surface area contributed by atoms with Crippen molar-refractivity contribution in [3.05, 3.63) is 63.2 Å². The maximum Gasteiger partial charge on any atom is 0.315 e. The van der Waals surface area contributed by atoms with E-state index in [0.717, 1.165) is 11.6 Å². The number of hydrogen-bond donors (Lipinski definition) is 2. The van der Waals surface area contributed by atoms with Crippen molar-refractivity contribution < 1.29 is 19.6 Å². The van der Waals surface area contributed by atoms with Gasteiger partial charge in [-0.3, -0.25) is 14.9 Å². The molecule has 1 amide bonds. The van der Waals surface area contributed by atoms with E-state index < -0.39 is 22.3 Å². The first-order valence-corrected chi connectivity index (χ1v) is 7.46. The third kappa shape index (κ3) is 4.54. The van der Waals surface area contributed by atoms with Gasteiger partial charge in [0.25, 0.3) is 5.91 Å². The number of carbonyl (C=O) groups excluding carboxylic acids is 1. The number of hydrazone groups is 1.